The van der Waals surface area contributed by atoms with Crippen molar-refractivity contribution in [3.8, 4) is 11.8 Å². The number of rotatable bonds is 1. The van der Waals surface area contributed by atoms with E-state index in [9.17, 15) is 4.79 Å². The molecule has 0 saturated carbocycles. The standard InChI is InChI=1S/C10H12N2O/c1-8-6-9(4-2-3-5-11)10(13)12-7-8/h6-7H,3,5,11H2,1H3,(H,12,13). The quantitative estimate of drug-likeness (QED) is 0.608. The molecule has 0 spiro atoms. The third kappa shape index (κ3) is 2.77. The van der Waals surface area contributed by atoms with Crippen LogP contribution < -0.4 is 11.3 Å². The van der Waals surface area contributed by atoms with Gasteiger partial charge in [-0.3, -0.25) is 4.79 Å². The van der Waals surface area contributed by atoms with Gasteiger partial charge in [0.1, 0.15) is 0 Å². The lowest BCUT2D eigenvalue weighted by Gasteiger charge is -1.91. The topological polar surface area (TPSA) is 58.9 Å². The van der Waals surface area contributed by atoms with E-state index in [1.165, 1.54) is 0 Å². The van der Waals surface area contributed by atoms with Crippen LogP contribution in [0.25, 0.3) is 0 Å². The van der Waals surface area contributed by atoms with Crippen molar-refractivity contribution in [1.82, 2.24) is 4.98 Å². The Morgan fingerprint density at radius 3 is 3.08 bits per heavy atom. The number of H-pyrrole nitrogens is 1. The molecule has 0 aliphatic rings. The van der Waals surface area contributed by atoms with Crippen LogP contribution in [0.1, 0.15) is 17.5 Å². The highest BCUT2D eigenvalue weighted by atomic mass is 16.1. The number of pyridine rings is 1. The molecule has 0 aliphatic heterocycles. The average molecular weight is 176 g/mol. The van der Waals surface area contributed by atoms with Crippen LogP contribution in [0.4, 0.5) is 0 Å². The molecule has 0 unspecified atom stereocenters. The van der Waals surface area contributed by atoms with E-state index in [2.05, 4.69) is 16.8 Å². The second-order valence-electron chi connectivity index (χ2n) is 2.76. The van der Waals surface area contributed by atoms with E-state index < -0.39 is 0 Å². The summed E-state index contributed by atoms with van der Waals surface area (Å²) in [5.41, 5.74) is 6.63. The zero-order valence-electron chi connectivity index (χ0n) is 7.55. The lowest BCUT2D eigenvalue weighted by Crippen LogP contribution is -2.09. The van der Waals surface area contributed by atoms with E-state index in [1.54, 1.807) is 12.3 Å². The molecule has 0 bridgehead atoms. The van der Waals surface area contributed by atoms with E-state index in [0.29, 0.717) is 18.5 Å². The van der Waals surface area contributed by atoms with Gasteiger partial charge in [-0.2, -0.15) is 0 Å². The van der Waals surface area contributed by atoms with Crippen molar-refractivity contribution >= 4 is 0 Å². The first-order valence-electron chi connectivity index (χ1n) is 4.12. The van der Waals surface area contributed by atoms with Gasteiger partial charge in [0.15, 0.2) is 0 Å². The van der Waals surface area contributed by atoms with Crippen molar-refractivity contribution in [2.75, 3.05) is 6.54 Å². The van der Waals surface area contributed by atoms with Crippen LogP contribution in [0.15, 0.2) is 17.1 Å². The fraction of sp³-hybridized carbons (Fsp3) is 0.300. The third-order valence-corrected chi connectivity index (χ3v) is 1.54. The zero-order chi connectivity index (χ0) is 9.68. The van der Waals surface area contributed by atoms with Gasteiger partial charge in [0.05, 0.1) is 5.56 Å². The molecule has 0 fully saturated rings. The number of aryl methyl sites for hydroxylation is 1. The highest BCUT2D eigenvalue weighted by Gasteiger charge is 1.93. The first-order chi connectivity index (χ1) is 6.24. The highest BCUT2D eigenvalue weighted by molar-refractivity contribution is 5.33. The van der Waals surface area contributed by atoms with E-state index in [0.717, 1.165) is 5.56 Å². The molecule has 1 aromatic rings. The number of nitrogens with two attached hydrogens (primary N) is 1. The van der Waals surface area contributed by atoms with E-state index in [4.69, 9.17) is 5.73 Å². The number of hydrogen-bond donors (Lipinski definition) is 2. The van der Waals surface area contributed by atoms with E-state index in [-0.39, 0.29) is 5.56 Å². The molecular weight excluding hydrogens is 164 g/mol. The van der Waals surface area contributed by atoms with E-state index >= 15 is 0 Å². The van der Waals surface area contributed by atoms with Crippen LogP contribution in [-0.4, -0.2) is 11.5 Å². The summed E-state index contributed by atoms with van der Waals surface area (Å²) in [5, 5.41) is 0. The first-order valence-corrected chi connectivity index (χ1v) is 4.12. The number of aromatic nitrogens is 1. The number of aromatic amines is 1. The predicted octanol–water partition coefficient (Wildman–Crippen LogP) is 0.384. The van der Waals surface area contributed by atoms with Crippen LogP contribution in [0.2, 0.25) is 0 Å². The molecule has 0 aliphatic carbocycles. The van der Waals surface area contributed by atoms with Gasteiger partial charge in [0, 0.05) is 19.2 Å². The summed E-state index contributed by atoms with van der Waals surface area (Å²) >= 11 is 0. The second kappa shape index (κ2) is 4.48. The monoisotopic (exact) mass is 176 g/mol. The second-order valence-corrected chi connectivity index (χ2v) is 2.76. The van der Waals surface area contributed by atoms with Gasteiger partial charge in [0.25, 0.3) is 5.56 Å². The van der Waals surface area contributed by atoms with E-state index in [1.807, 2.05) is 6.92 Å². The van der Waals surface area contributed by atoms with Gasteiger partial charge in [-0.1, -0.05) is 11.8 Å². The average Bonchev–Trinajstić information content (AvgIpc) is 2.11. The molecule has 0 amide bonds. The Labute approximate surface area is 77.0 Å². The summed E-state index contributed by atoms with van der Waals surface area (Å²) in [6.45, 7) is 2.43. The van der Waals surface area contributed by atoms with Gasteiger partial charge in [0.2, 0.25) is 0 Å². The molecule has 3 nitrogen and oxygen atoms in total. The maximum absolute atomic E-state index is 11.2. The molecule has 3 heteroatoms. The third-order valence-electron chi connectivity index (χ3n) is 1.54. The summed E-state index contributed by atoms with van der Waals surface area (Å²) in [7, 11) is 0. The molecular formula is C10H12N2O. The molecule has 13 heavy (non-hydrogen) atoms. The van der Waals surface area contributed by atoms with Crippen molar-refractivity contribution in [1.29, 1.82) is 0 Å². The molecule has 1 heterocycles. The lowest BCUT2D eigenvalue weighted by molar-refractivity contribution is 1.03. The molecule has 0 atom stereocenters. The van der Waals surface area contributed by atoms with Crippen LogP contribution in [-0.2, 0) is 0 Å². The maximum Gasteiger partial charge on any atom is 0.263 e. The summed E-state index contributed by atoms with van der Waals surface area (Å²) in [4.78, 5) is 13.8. The van der Waals surface area contributed by atoms with Crippen molar-refractivity contribution in [2.45, 2.75) is 13.3 Å². The summed E-state index contributed by atoms with van der Waals surface area (Å²) in [6, 6.07) is 1.77. The Morgan fingerprint density at radius 2 is 2.38 bits per heavy atom. The molecule has 3 N–H and O–H groups in total. The minimum absolute atomic E-state index is 0.143. The summed E-state index contributed by atoms with van der Waals surface area (Å²) < 4.78 is 0. The molecule has 0 radical (unpaired) electrons. The predicted molar refractivity (Wildman–Crippen MR) is 52.3 cm³/mol. The molecule has 68 valence electrons. The summed E-state index contributed by atoms with van der Waals surface area (Å²) in [6.07, 6.45) is 2.28. The van der Waals surface area contributed by atoms with Crippen molar-refractivity contribution in [3.63, 3.8) is 0 Å². The minimum Gasteiger partial charge on any atom is -0.330 e. The van der Waals surface area contributed by atoms with Crippen LogP contribution in [0.3, 0.4) is 0 Å². The molecule has 1 aromatic heterocycles. The largest absolute Gasteiger partial charge is 0.330 e. The van der Waals surface area contributed by atoms with Gasteiger partial charge in [-0.05, 0) is 18.6 Å². The highest BCUT2D eigenvalue weighted by Crippen LogP contribution is 1.93. The summed E-state index contributed by atoms with van der Waals surface area (Å²) in [5.74, 6) is 5.61. The van der Waals surface area contributed by atoms with Crippen LogP contribution in [0.5, 0.6) is 0 Å². The Bertz CT molecular complexity index is 395. The fourth-order valence-electron chi connectivity index (χ4n) is 0.915. The molecule has 0 saturated heterocycles. The first kappa shape index (κ1) is 9.56. The number of hydrogen-bond acceptors (Lipinski definition) is 2. The molecule has 1 rings (SSSR count). The maximum atomic E-state index is 11.2. The van der Waals surface area contributed by atoms with Gasteiger partial charge < -0.3 is 10.7 Å². The van der Waals surface area contributed by atoms with Gasteiger partial charge in [-0.15, -0.1) is 0 Å². The zero-order valence-corrected chi connectivity index (χ0v) is 7.55. The smallest absolute Gasteiger partial charge is 0.263 e. The SMILES string of the molecule is Cc1c[nH]c(=O)c(C#CCCN)c1. The van der Waals surface area contributed by atoms with Crippen LogP contribution in [0, 0.1) is 18.8 Å². The van der Waals surface area contributed by atoms with Crippen LogP contribution >= 0.6 is 0 Å². The lowest BCUT2D eigenvalue weighted by atomic mass is 10.2. The van der Waals surface area contributed by atoms with Crippen molar-refractivity contribution in [2.24, 2.45) is 5.73 Å². The van der Waals surface area contributed by atoms with Crippen molar-refractivity contribution in [3.05, 3.63) is 33.7 Å². The Balaban J connectivity index is 2.96. The minimum atomic E-state index is -0.143. The van der Waals surface area contributed by atoms with Gasteiger partial charge in [-0.25, -0.2) is 0 Å². The fourth-order valence-corrected chi connectivity index (χ4v) is 0.915. The Hall–Kier alpha value is -1.53. The number of nitrogens with one attached hydrogen (secondary N) is 1. The Morgan fingerprint density at radius 1 is 1.62 bits per heavy atom. The van der Waals surface area contributed by atoms with Crippen molar-refractivity contribution < 1.29 is 0 Å². The van der Waals surface area contributed by atoms with Gasteiger partial charge >= 0.3 is 0 Å². The molecule has 0 aromatic carbocycles. The Kier molecular flexibility index (Phi) is 3.30. The normalized spacial score (nSPS) is 9.08.